The van der Waals surface area contributed by atoms with Gasteiger partial charge < -0.3 is 14.2 Å². The summed E-state index contributed by atoms with van der Waals surface area (Å²) in [5.74, 6) is -0.409. The maximum atomic E-state index is 13.5. The molecule has 0 bridgehead atoms. The van der Waals surface area contributed by atoms with Gasteiger partial charge in [-0.15, -0.1) is 0 Å². The van der Waals surface area contributed by atoms with Crippen molar-refractivity contribution in [3.63, 3.8) is 0 Å². The van der Waals surface area contributed by atoms with Crippen LogP contribution in [0.15, 0.2) is 60.4 Å². The van der Waals surface area contributed by atoms with Crippen molar-refractivity contribution in [3.8, 4) is 0 Å². The van der Waals surface area contributed by atoms with Crippen LogP contribution in [0.1, 0.15) is 16.7 Å². The van der Waals surface area contributed by atoms with Gasteiger partial charge >= 0.3 is 0 Å². The van der Waals surface area contributed by atoms with Crippen LogP contribution in [-0.4, -0.2) is 59.0 Å². The third kappa shape index (κ3) is 3.50. The summed E-state index contributed by atoms with van der Waals surface area (Å²) >= 11 is 0. The first-order chi connectivity index (χ1) is 15.5. The fourth-order valence-electron chi connectivity index (χ4n) is 4.68. The van der Waals surface area contributed by atoms with E-state index in [0.29, 0.717) is 50.5 Å². The molecule has 0 radical (unpaired) electrons. The zero-order valence-corrected chi connectivity index (χ0v) is 18.5. The Labute approximate surface area is 187 Å². The molecule has 0 N–H and O–H groups in total. The first-order valence-electron chi connectivity index (χ1n) is 11.1. The molecule has 32 heavy (non-hydrogen) atoms. The van der Waals surface area contributed by atoms with E-state index in [1.165, 1.54) is 4.90 Å². The lowest BCUT2D eigenvalue weighted by Gasteiger charge is -2.29. The number of ether oxygens (including phenoxy) is 1. The summed E-state index contributed by atoms with van der Waals surface area (Å²) in [7, 11) is 2.02. The van der Waals surface area contributed by atoms with E-state index in [2.05, 4.69) is 22.9 Å². The molecule has 1 saturated heterocycles. The molecule has 0 unspecified atom stereocenters. The SMILES string of the molecule is Cc1ccc(C2=C(N3CCOCC3)C(=O)N(CCc3cn(C)c4ccccc34)C2=O)cc1. The largest absolute Gasteiger partial charge is 0.378 e. The minimum Gasteiger partial charge on any atom is -0.378 e. The molecule has 164 valence electrons. The Morgan fingerprint density at radius 2 is 1.66 bits per heavy atom. The van der Waals surface area contributed by atoms with Crippen LogP contribution in [0.5, 0.6) is 0 Å². The van der Waals surface area contributed by atoms with Crippen LogP contribution in [0.4, 0.5) is 0 Å². The predicted octanol–water partition coefficient (Wildman–Crippen LogP) is 3.14. The smallest absolute Gasteiger partial charge is 0.277 e. The van der Waals surface area contributed by atoms with Crippen LogP contribution in [-0.2, 0) is 27.8 Å². The molecule has 6 heteroatoms. The van der Waals surface area contributed by atoms with Crippen LogP contribution >= 0.6 is 0 Å². The molecule has 0 atom stereocenters. The van der Waals surface area contributed by atoms with Gasteiger partial charge in [0.2, 0.25) is 0 Å². The third-order valence-corrected chi connectivity index (χ3v) is 6.40. The highest BCUT2D eigenvalue weighted by Gasteiger charge is 2.41. The highest BCUT2D eigenvalue weighted by Crippen LogP contribution is 2.33. The number of morpholine rings is 1. The lowest BCUT2D eigenvalue weighted by atomic mass is 10.0. The fraction of sp³-hybridized carbons (Fsp3) is 0.308. The molecule has 1 fully saturated rings. The Morgan fingerprint density at radius 1 is 0.938 bits per heavy atom. The maximum Gasteiger partial charge on any atom is 0.277 e. The Morgan fingerprint density at radius 3 is 2.41 bits per heavy atom. The number of imide groups is 1. The second kappa shape index (κ2) is 8.28. The summed E-state index contributed by atoms with van der Waals surface area (Å²) in [6.45, 7) is 4.71. The summed E-state index contributed by atoms with van der Waals surface area (Å²) in [4.78, 5) is 30.5. The maximum absolute atomic E-state index is 13.5. The summed E-state index contributed by atoms with van der Waals surface area (Å²) in [6, 6.07) is 16.0. The van der Waals surface area contributed by atoms with E-state index in [9.17, 15) is 9.59 Å². The van der Waals surface area contributed by atoms with Crippen molar-refractivity contribution in [2.24, 2.45) is 7.05 Å². The highest BCUT2D eigenvalue weighted by atomic mass is 16.5. The van der Waals surface area contributed by atoms with Gasteiger partial charge in [-0.05, 0) is 30.5 Å². The Hall–Kier alpha value is -3.38. The number of carbonyl (C=O) groups is 2. The van der Waals surface area contributed by atoms with Gasteiger partial charge in [-0.25, -0.2) is 0 Å². The molecule has 0 aliphatic carbocycles. The average molecular weight is 430 g/mol. The van der Waals surface area contributed by atoms with E-state index in [-0.39, 0.29) is 11.8 Å². The first-order valence-corrected chi connectivity index (χ1v) is 11.1. The van der Waals surface area contributed by atoms with Crippen molar-refractivity contribution in [3.05, 3.63) is 77.1 Å². The van der Waals surface area contributed by atoms with Crippen molar-refractivity contribution >= 4 is 28.3 Å². The lowest BCUT2D eigenvalue weighted by molar-refractivity contribution is -0.137. The van der Waals surface area contributed by atoms with Gasteiger partial charge in [0, 0.05) is 43.8 Å². The van der Waals surface area contributed by atoms with Gasteiger partial charge in [0.25, 0.3) is 11.8 Å². The van der Waals surface area contributed by atoms with Gasteiger partial charge in [-0.3, -0.25) is 14.5 Å². The second-order valence-electron chi connectivity index (χ2n) is 8.48. The minimum atomic E-state index is -0.208. The summed E-state index contributed by atoms with van der Waals surface area (Å²) in [5, 5.41) is 1.16. The normalized spacial score (nSPS) is 17.2. The van der Waals surface area contributed by atoms with Gasteiger partial charge in [-0.2, -0.15) is 0 Å². The number of benzene rings is 2. The number of hydrogen-bond acceptors (Lipinski definition) is 4. The van der Waals surface area contributed by atoms with Crippen molar-refractivity contribution in [1.29, 1.82) is 0 Å². The number of aromatic nitrogens is 1. The van der Waals surface area contributed by atoms with E-state index < -0.39 is 0 Å². The van der Waals surface area contributed by atoms with Crippen molar-refractivity contribution in [2.75, 3.05) is 32.8 Å². The number of para-hydroxylation sites is 1. The van der Waals surface area contributed by atoms with Crippen LogP contribution in [0, 0.1) is 6.92 Å². The molecule has 3 aromatic rings. The number of nitrogens with zero attached hydrogens (tertiary/aromatic N) is 3. The first kappa shape index (κ1) is 20.5. The van der Waals surface area contributed by atoms with Crippen molar-refractivity contribution < 1.29 is 14.3 Å². The van der Waals surface area contributed by atoms with E-state index in [1.54, 1.807) is 0 Å². The Balaban J connectivity index is 1.46. The number of amides is 2. The summed E-state index contributed by atoms with van der Waals surface area (Å²) < 4.78 is 7.57. The molecule has 3 heterocycles. The van der Waals surface area contributed by atoms with E-state index in [4.69, 9.17) is 4.74 Å². The van der Waals surface area contributed by atoms with Gasteiger partial charge in [-0.1, -0.05) is 48.0 Å². The quantitative estimate of drug-likeness (QED) is 0.585. The molecule has 1 aromatic heterocycles. The van der Waals surface area contributed by atoms with E-state index in [1.807, 2.05) is 55.3 Å². The lowest BCUT2D eigenvalue weighted by Crippen LogP contribution is -2.40. The van der Waals surface area contributed by atoms with Crippen LogP contribution in [0.2, 0.25) is 0 Å². The molecule has 0 saturated carbocycles. The molecule has 2 aromatic carbocycles. The molecule has 6 nitrogen and oxygen atoms in total. The van der Waals surface area contributed by atoms with E-state index in [0.717, 1.165) is 27.6 Å². The standard InChI is InChI=1S/C26H27N3O3/c1-18-7-9-19(10-8-18)23-24(28-13-15-32-16-14-28)26(31)29(25(23)30)12-11-20-17-27(2)22-6-4-3-5-21(20)22/h3-10,17H,11-16H2,1-2H3. The summed E-state index contributed by atoms with van der Waals surface area (Å²) in [5.41, 5.74) is 5.22. The topological polar surface area (TPSA) is 54.8 Å². The molecule has 5 rings (SSSR count). The molecule has 2 amide bonds. The zero-order chi connectivity index (χ0) is 22.2. The van der Waals surface area contributed by atoms with Crippen molar-refractivity contribution in [2.45, 2.75) is 13.3 Å². The van der Waals surface area contributed by atoms with Crippen LogP contribution in [0.25, 0.3) is 16.5 Å². The molecule has 0 spiro atoms. The number of rotatable bonds is 5. The average Bonchev–Trinajstić information content (AvgIpc) is 3.27. The number of fused-ring (bicyclic) bond motifs is 1. The number of carbonyl (C=O) groups excluding carboxylic acids is 2. The fourth-order valence-corrected chi connectivity index (χ4v) is 4.68. The summed E-state index contributed by atoms with van der Waals surface area (Å²) in [6.07, 6.45) is 2.71. The number of aryl methyl sites for hydroxylation is 2. The monoisotopic (exact) mass is 429 g/mol. The van der Waals surface area contributed by atoms with E-state index >= 15 is 0 Å². The number of hydrogen-bond donors (Lipinski definition) is 0. The third-order valence-electron chi connectivity index (χ3n) is 6.40. The zero-order valence-electron chi connectivity index (χ0n) is 18.5. The van der Waals surface area contributed by atoms with Gasteiger partial charge in [0.15, 0.2) is 0 Å². The molecule has 2 aliphatic heterocycles. The molecule has 2 aliphatic rings. The van der Waals surface area contributed by atoms with Gasteiger partial charge in [0.1, 0.15) is 5.70 Å². The molecular formula is C26H27N3O3. The van der Waals surface area contributed by atoms with Crippen LogP contribution in [0.3, 0.4) is 0 Å². The minimum absolute atomic E-state index is 0.201. The second-order valence-corrected chi connectivity index (χ2v) is 8.48. The predicted molar refractivity (Wildman–Crippen MR) is 124 cm³/mol. The van der Waals surface area contributed by atoms with Crippen LogP contribution < -0.4 is 0 Å². The Bertz CT molecular complexity index is 1220. The highest BCUT2D eigenvalue weighted by molar-refractivity contribution is 6.35. The van der Waals surface area contributed by atoms with Gasteiger partial charge in [0.05, 0.1) is 18.8 Å². The molecular weight excluding hydrogens is 402 g/mol. The Kier molecular flexibility index (Phi) is 5.31. The van der Waals surface area contributed by atoms with Crippen molar-refractivity contribution in [1.82, 2.24) is 14.4 Å².